The number of hydrogen-bond acceptors (Lipinski definition) is 5. The topological polar surface area (TPSA) is 84.2 Å². The molecule has 144 valence electrons. The molecule has 0 aromatic heterocycles. The summed E-state index contributed by atoms with van der Waals surface area (Å²) in [5.41, 5.74) is 1.92. The van der Waals surface area contributed by atoms with Crippen molar-refractivity contribution in [2.45, 2.75) is 11.8 Å². The molecule has 0 radical (unpaired) electrons. The minimum absolute atomic E-state index is 0.0165. The van der Waals surface area contributed by atoms with E-state index in [0.29, 0.717) is 11.1 Å². The van der Waals surface area contributed by atoms with E-state index in [9.17, 15) is 18.5 Å². The lowest BCUT2D eigenvalue weighted by molar-refractivity contribution is 0.104. The largest absolute Gasteiger partial charge is 0.379 e. The maximum absolute atomic E-state index is 12.4. The Balaban J connectivity index is 1.79. The molecule has 0 amide bonds. The van der Waals surface area contributed by atoms with Crippen LogP contribution in [0.3, 0.4) is 0 Å². The molecule has 5 nitrogen and oxygen atoms in total. The van der Waals surface area contributed by atoms with Gasteiger partial charge in [0, 0.05) is 5.56 Å². The highest BCUT2D eigenvalue weighted by molar-refractivity contribution is 7.87. The molecule has 3 aromatic rings. The molecule has 0 aliphatic rings. The number of carbonyl (C=O) groups is 1. The molecule has 6 heteroatoms. The van der Waals surface area contributed by atoms with E-state index < -0.39 is 10.1 Å². The van der Waals surface area contributed by atoms with E-state index in [2.05, 4.69) is 0 Å². The predicted octanol–water partition coefficient (Wildman–Crippen LogP) is 4.55. The summed E-state index contributed by atoms with van der Waals surface area (Å²) in [6.45, 7) is 1.86. The number of rotatable bonds is 6. The molecule has 0 aliphatic heterocycles. The van der Waals surface area contributed by atoms with Crippen LogP contribution in [0.2, 0.25) is 0 Å². The van der Waals surface area contributed by atoms with Crippen molar-refractivity contribution >= 4 is 22.0 Å². The van der Waals surface area contributed by atoms with Gasteiger partial charge in [-0.05, 0) is 42.8 Å². The minimum Gasteiger partial charge on any atom is -0.379 e. The molecule has 0 saturated heterocycles. The fourth-order valence-corrected chi connectivity index (χ4v) is 3.49. The van der Waals surface area contributed by atoms with Crippen LogP contribution in [-0.2, 0) is 10.1 Å². The third kappa shape index (κ3) is 4.98. The van der Waals surface area contributed by atoms with Gasteiger partial charge in [-0.25, -0.2) is 0 Å². The van der Waals surface area contributed by atoms with Gasteiger partial charge >= 0.3 is 10.1 Å². The van der Waals surface area contributed by atoms with Crippen LogP contribution in [0.25, 0.3) is 6.08 Å². The zero-order valence-electron chi connectivity index (χ0n) is 15.6. The summed E-state index contributed by atoms with van der Waals surface area (Å²) in [4.78, 5) is 12.5. The fraction of sp³-hybridized carbons (Fsp3) is 0.0435. The standard InChI is InChI=1S/C23H17NO4S/c1-17-7-13-22(14-8-17)29(26,27)28-21-11-9-18(10-12-21)15-20(16-24)23(25)19-5-3-2-4-6-19/h2-15H,1H3/b20-15+. The van der Waals surface area contributed by atoms with Crippen LogP contribution < -0.4 is 4.18 Å². The van der Waals surface area contributed by atoms with Crippen molar-refractivity contribution in [3.05, 3.63) is 101 Å². The summed E-state index contributed by atoms with van der Waals surface area (Å²) < 4.78 is 29.8. The van der Waals surface area contributed by atoms with Gasteiger partial charge in [0.15, 0.2) is 0 Å². The van der Waals surface area contributed by atoms with Crippen LogP contribution in [0.5, 0.6) is 5.75 Å². The molecule has 0 N–H and O–H groups in total. The maximum atomic E-state index is 12.4. The van der Waals surface area contributed by atoms with E-state index >= 15 is 0 Å². The monoisotopic (exact) mass is 403 g/mol. The van der Waals surface area contributed by atoms with Gasteiger partial charge in [0.05, 0.1) is 0 Å². The third-order valence-corrected chi connectivity index (χ3v) is 5.37. The number of aryl methyl sites for hydroxylation is 1. The van der Waals surface area contributed by atoms with Gasteiger partial charge in [-0.3, -0.25) is 4.79 Å². The van der Waals surface area contributed by atoms with Crippen molar-refractivity contribution < 1.29 is 17.4 Å². The Bertz CT molecular complexity index is 1190. The average molecular weight is 403 g/mol. The molecule has 3 aromatic carbocycles. The minimum atomic E-state index is -3.94. The van der Waals surface area contributed by atoms with E-state index in [1.165, 1.54) is 30.3 Å². The summed E-state index contributed by atoms with van der Waals surface area (Å²) in [6, 6.07) is 22.9. The van der Waals surface area contributed by atoms with Crippen molar-refractivity contribution in [3.63, 3.8) is 0 Å². The first-order valence-electron chi connectivity index (χ1n) is 8.72. The highest BCUT2D eigenvalue weighted by atomic mass is 32.2. The number of carbonyl (C=O) groups excluding carboxylic acids is 1. The van der Waals surface area contributed by atoms with E-state index in [0.717, 1.165) is 5.56 Å². The highest BCUT2D eigenvalue weighted by Gasteiger charge is 2.16. The van der Waals surface area contributed by atoms with Crippen LogP contribution in [0.1, 0.15) is 21.5 Å². The first-order valence-corrected chi connectivity index (χ1v) is 10.1. The first kappa shape index (κ1) is 20.1. The van der Waals surface area contributed by atoms with Gasteiger partial charge in [0.25, 0.3) is 0 Å². The SMILES string of the molecule is Cc1ccc(S(=O)(=O)Oc2ccc(/C=C(\C#N)C(=O)c3ccccc3)cc2)cc1. The molecule has 0 unspecified atom stereocenters. The normalized spacial score (nSPS) is 11.5. The first-order chi connectivity index (χ1) is 13.9. The fourth-order valence-electron chi connectivity index (χ4n) is 2.56. The second kappa shape index (κ2) is 8.55. The molecule has 0 heterocycles. The van der Waals surface area contributed by atoms with Gasteiger partial charge in [-0.2, -0.15) is 13.7 Å². The Hall–Kier alpha value is -3.69. The van der Waals surface area contributed by atoms with Gasteiger partial charge in [-0.1, -0.05) is 60.2 Å². The van der Waals surface area contributed by atoms with Crippen LogP contribution in [-0.4, -0.2) is 14.2 Å². The Morgan fingerprint density at radius 2 is 1.55 bits per heavy atom. The highest BCUT2D eigenvalue weighted by Crippen LogP contribution is 2.21. The van der Waals surface area contributed by atoms with Crippen molar-refractivity contribution in [1.82, 2.24) is 0 Å². The van der Waals surface area contributed by atoms with Crippen molar-refractivity contribution in [3.8, 4) is 11.8 Å². The number of ketones is 1. The van der Waals surface area contributed by atoms with Gasteiger partial charge in [0.1, 0.15) is 22.3 Å². The molecule has 0 spiro atoms. The zero-order valence-corrected chi connectivity index (χ0v) is 16.4. The van der Waals surface area contributed by atoms with E-state index in [-0.39, 0.29) is 22.0 Å². The summed E-state index contributed by atoms with van der Waals surface area (Å²) in [5.74, 6) is -0.244. The number of benzene rings is 3. The molecule has 0 aliphatic carbocycles. The Morgan fingerprint density at radius 3 is 2.14 bits per heavy atom. The molecule has 0 fully saturated rings. The van der Waals surface area contributed by atoms with Gasteiger partial charge in [-0.15, -0.1) is 0 Å². The lowest BCUT2D eigenvalue weighted by Gasteiger charge is -2.07. The second-order valence-corrected chi connectivity index (χ2v) is 7.83. The quantitative estimate of drug-likeness (QED) is 0.261. The zero-order chi connectivity index (χ0) is 20.9. The van der Waals surface area contributed by atoms with Crippen LogP contribution >= 0.6 is 0 Å². The second-order valence-electron chi connectivity index (χ2n) is 6.28. The Kier molecular flexibility index (Phi) is 5.91. The van der Waals surface area contributed by atoms with Crippen LogP contribution in [0, 0.1) is 18.3 Å². The molecule has 0 bridgehead atoms. The lowest BCUT2D eigenvalue weighted by atomic mass is 10.0. The third-order valence-electron chi connectivity index (χ3n) is 4.11. The number of Topliss-reactive ketones (excluding diaryl/α,β-unsaturated/α-hetero) is 1. The van der Waals surface area contributed by atoms with Crippen molar-refractivity contribution in [1.29, 1.82) is 5.26 Å². The average Bonchev–Trinajstić information content (AvgIpc) is 2.73. The Labute approximate surface area is 169 Å². The number of hydrogen-bond donors (Lipinski definition) is 0. The number of nitriles is 1. The van der Waals surface area contributed by atoms with Crippen molar-refractivity contribution in [2.24, 2.45) is 0 Å². The Morgan fingerprint density at radius 1 is 0.931 bits per heavy atom. The molecular weight excluding hydrogens is 386 g/mol. The predicted molar refractivity (Wildman–Crippen MR) is 110 cm³/mol. The molecular formula is C23H17NO4S. The molecule has 0 atom stereocenters. The number of nitrogens with zero attached hydrogens (tertiary/aromatic N) is 1. The summed E-state index contributed by atoms with van der Waals surface area (Å²) in [7, 11) is -3.94. The summed E-state index contributed by atoms with van der Waals surface area (Å²) >= 11 is 0. The summed E-state index contributed by atoms with van der Waals surface area (Å²) in [6.07, 6.45) is 1.45. The summed E-state index contributed by atoms with van der Waals surface area (Å²) in [5, 5.41) is 9.33. The van der Waals surface area contributed by atoms with Crippen LogP contribution in [0.4, 0.5) is 0 Å². The lowest BCUT2D eigenvalue weighted by Crippen LogP contribution is -2.09. The number of allylic oxidation sites excluding steroid dienone is 1. The molecule has 29 heavy (non-hydrogen) atoms. The van der Waals surface area contributed by atoms with E-state index in [1.54, 1.807) is 54.6 Å². The molecule has 0 saturated carbocycles. The van der Waals surface area contributed by atoms with Crippen LogP contribution in [0.15, 0.2) is 89.3 Å². The van der Waals surface area contributed by atoms with E-state index in [4.69, 9.17) is 4.18 Å². The van der Waals surface area contributed by atoms with Crippen molar-refractivity contribution in [2.75, 3.05) is 0 Å². The van der Waals surface area contributed by atoms with Gasteiger partial charge in [0.2, 0.25) is 5.78 Å². The van der Waals surface area contributed by atoms with Gasteiger partial charge < -0.3 is 4.18 Å². The van der Waals surface area contributed by atoms with E-state index in [1.807, 2.05) is 13.0 Å². The molecule has 3 rings (SSSR count). The maximum Gasteiger partial charge on any atom is 0.339 e. The smallest absolute Gasteiger partial charge is 0.339 e.